The van der Waals surface area contributed by atoms with E-state index in [1.165, 1.54) is 11.3 Å². The molecule has 1 amide bonds. The maximum atomic E-state index is 12.0. The van der Waals surface area contributed by atoms with Crippen molar-refractivity contribution in [3.63, 3.8) is 0 Å². The number of nitrogens with zero attached hydrogens (tertiary/aromatic N) is 3. The molecule has 0 bridgehead atoms. The van der Waals surface area contributed by atoms with Crippen LogP contribution in [0.3, 0.4) is 0 Å². The Hall–Kier alpha value is -2.09. The molecule has 0 aliphatic carbocycles. The third kappa shape index (κ3) is 5.00. The predicted molar refractivity (Wildman–Crippen MR) is 122 cm³/mol. The van der Waals surface area contributed by atoms with Crippen LogP contribution in [0.15, 0.2) is 53.5 Å². The maximum Gasteiger partial charge on any atom is 0.253 e. The van der Waals surface area contributed by atoms with Crippen molar-refractivity contribution < 1.29 is 4.79 Å². The van der Waals surface area contributed by atoms with E-state index in [1.807, 2.05) is 24.3 Å². The van der Waals surface area contributed by atoms with Gasteiger partial charge in [-0.2, -0.15) is 0 Å². The monoisotopic (exact) mass is 478 g/mol. The van der Waals surface area contributed by atoms with Crippen molar-refractivity contribution in [2.45, 2.75) is 19.9 Å². The molecule has 1 N–H and O–H groups in total. The Morgan fingerprint density at radius 2 is 1.85 bits per heavy atom. The normalized spacial score (nSPS) is 13.0. The summed E-state index contributed by atoms with van der Waals surface area (Å²) in [6, 6.07) is 16.2. The van der Waals surface area contributed by atoms with Gasteiger partial charge in [0, 0.05) is 38.4 Å². The number of nitrogens with one attached hydrogen (secondary N) is 1. The van der Waals surface area contributed by atoms with Gasteiger partial charge < -0.3 is 15.1 Å². The Morgan fingerprint density at radius 3 is 2.52 bits per heavy atom. The second-order valence-electron chi connectivity index (χ2n) is 6.60. The fraction of sp³-hybridized carbons (Fsp3) is 0.333. The number of guanidine groups is 1. The average molecular weight is 478 g/mol. The van der Waals surface area contributed by atoms with E-state index < -0.39 is 0 Å². The van der Waals surface area contributed by atoms with Gasteiger partial charge in [0.1, 0.15) is 0 Å². The smallest absolute Gasteiger partial charge is 0.253 e. The highest BCUT2D eigenvalue weighted by atomic mass is 127. The number of para-hydroxylation sites is 1. The van der Waals surface area contributed by atoms with Crippen LogP contribution in [0.4, 0.5) is 5.69 Å². The van der Waals surface area contributed by atoms with Crippen molar-refractivity contribution in [2.75, 3.05) is 32.1 Å². The second-order valence-corrected chi connectivity index (χ2v) is 6.60. The van der Waals surface area contributed by atoms with E-state index in [-0.39, 0.29) is 29.9 Å². The Labute approximate surface area is 178 Å². The van der Waals surface area contributed by atoms with Crippen molar-refractivity contribution in [1.29, 1.82) is 0 Å². The first-order valence-corrected chi connectivity index (χ1v) is 9.04. The third-order valence-electron chi connectivity index (χ3n) is 4.50. The van der Waals surface area contributed by atoms with Gasteiger partial charge in [0.05, 0.1) is 6.54 Å². The number of hydrogen-bond donors (Lipinski definition) is 1. The third-order valence-corrected chi connectivity index (χ3v) is 4.50. The van der Waals surface area contributed by atoms with E-state index in [0.717, 1.165) is 31.0 Å². The zero-order chi connectivity index (χ0) is 18.5. The first-order chi connectivity index (χ1) is 12.6. The minimum absolute atomic E-state index is 0. The van der Waals surface area contributed by atoms with Gasteiger partial charge in [0.2, 0.25) is 0 Å². The maximum absolute atomic E-state index is 12.0. The quantitative estimate of drug-likeness (QED) is 0.416. The molecular weight excluding hydrogens is 451 g/mol. The van der Waals surface area contributed by atoms with Crippen LogP contribution in [-0.2, 0) is 13.0 Å². The van der Waals surface area contributed by atoms with Gasteiger partial charge in [0.15, 0.2) is 5.96 Å². The molecule has 1 heterocycles. The lowest BCUT2D eigenvalue weighted by molar-refractivity contribution is 0.0827. The number of carbonyl (C=O) groups excluding carboxylic acids is 1. The first kappa shape index (κ1) is 21.2. The SMILES string of the molecule is CCNC(=NCc1ccc(C(=O)N(C)C)cc1)N1CCc2ccccc21.I. The summed E-state index contributed by atoms with van der Waals surface area (Å²) >= 11 is 0. The van der Waals surface area contributed by atoms with Gasteiger partial charge in [-0.05, 0) is 42.7 Å². The molecule has 1 aliphatic heterocycles. The van der Waals surface area contributed by atoms with Crippen LogP contribution in [0, 0.1) is 0 Å². The van der Waals surface area contributed by atoms with Crippen molar-refractivity contribution in [3.05, 3.63) is 65.2 Å². The van der Waals surface area contributed by atoms with Crippen molar-refractivity contribution in [2.24, 2.45) is 4.99 Å². The zero-order valence-electron chi connectivity index (χ0n) is 16.1. The lowest BCUT2D eigenvalue weighted by Crippen LogP contribution is -2.40. The summed E-state index contributed by atoms with van der Waals surface area (Å²) in [6.45, 7) is 4.44. The molecule has 0 saturated carbocycles. The van der Waals surface area contributed by atoms with Crippen LogP contribution < -0.4 is 10.2 Å². The number of carbonyl (C=O) groups is 1. The Bertz CT molecular complexity index is 802. The van der Waals surface area contributed by atoms with Crippen LogP contribution in [0.2, 0.25) is 0 Å². The first-order valence-electron chi connectivity index (χ1n) is 9.04. The number of rotatable bonds is 4. The largest absolute Gasteiger partial charge is 0.356 e. The van der Waals surface area contributed by atoms with Crippen LogP contribution in [-0.4, -0.2) is 44.0 Å². The molecule has 0 unspecified atom stereocenters. The molecule has 27 heavy (non-hydrogen) atoms. The standard InChI is InChI=1S/C21H26N4O.HI/c1-4-22-21(25-14-13-17-7-5-6-8-19(17)25)23-15-16-9-11-18(12-10-16)20(26)24(2)3;/h5-12H,4,13-15H2,1-3H3,(H,22,23);1H. The molecule has 0 spiro atoms. The number of benzene rings is 2. The van der Waals surface area contributed by atoms with E-state index in [1.54, 1.807) is 19.0 Å². The molecular formula is C21H27IN4O. The lowest BCUT2D eigenvalue weighted by Gasteiger charge is -2.22. The fourth-order valence-corrected chi connectivity index (χ4v) is 3.13. The molecule has 5 nitrogen and oxygen atoms in total. The van der Waals surface area contributed by atoms with Gasteiger partial charge in [-0.15, -0.1) is 24.0 Å². The van der Waals surface area contributed by atoms with Gasteiger partial charge in [-0.25, -0.2) is 4.99 Å². The summed E-state index contributed by atoms with van der Waals surface area (Å²) in [5, 5.41) is 3.40. The highest BCUT2D eigenvalue weighted by Gasteiger charge is 2.22. The molecule has 144 valence electrons. The minimum Gasteiger partial charge on any atom is -0.356 e. The van der Waals surface area contributed by atoms with Crippen molar-refractivity contribution in [1.82, 2.24) is 10.2 Å². The zero-order valence-corrected chi connectivity index (χ0v) is 18.4. The Balaban J connectivity index is 0.00000261. The van der Waals surface area contributed by atoms with E-state index in [9.17, 15) is 4.79 Å². The Kier molecular flexibility index (Phi) is 7.65. The molecule has 1 aliphatic rings. The van der Waals surface area contributed by atoms with Crippen LogP contribution >= 0.6 is 24.0 Å². The summed E-state index contributed by atoms with van der Waals surface area (Å²) in [5.74, 6) is 0.924. The molecule has 6 heteroatoms. The number of anilines is 1. The molecule has 3 rings (SSSR count). The van der Waals surface area contributed by atoms with Crippen molar-refractivity contribution >= 4 is 41.5 Å². The summed E-state index contributed by atoms with van der Waals surface area (Å²) in [5.41, 5.74) is 4.38. The van der Waals surface area contributed by atoms with Crippen LogP contribution in [0.25, 0.3) is 0 Å². The van der Waals surface area contributed by atoms with Gasteiger partial charge in [-0.1, -0.05) is 30.3 Å². The molecule has 2 aromatic rings. The van der Waals surface area contributed by atoms with E-state index >= 15 is 0 Å². The highest BCUT2D eigenvalue weighted by molar-refractivity contribution is 14.0. The number of halogens is 1. The predicted octanol–water partition coefficient (Wildman–Crippen LogP) is 3.53. The molecule has 2 aromatic carbocycles. The lowest BCUT2D eigenvalue weighted by atomic mass is 10.1. The summed E-state index contributed by atoms with van der Waals surface area (Å²) in [7, 11) is 3.52. The molecule has 0 fully saturated rings. The van der Waals surface area contributed by atoms with Gasteiger partial charge >= 0.3 is 0 Å². The topological polar surface area (TPSA) is 47.9 Å². The van der Waals surface area contributed by atoms with Gasteiger partial charge in [0.25, 0.3) is 5.91 Å². The van der Waals surface area contributed by atoms with Crippen LogP contribution in [0.5, 0.6) is 0 Å². The van der Waals surface area contributed by atoms with E-state index in [4.69, 9.17) is 4.99 Å². The number of amides is 1. The number of hydrogen-bond acceptors (Lipinski definition) is 2. The van der Waals surface area contributed by atoms with Crippen molar-refractivity contribution in [3.8, 4) is 0 Å². The highest BCUT2D eigenvalue weighted by Crippen LogP contribution is 2.27. The molecule has 0 aromatic heterocycles. The average Bonchev–Trinajstić information content (AvgIpc) is 3.09. The summed E-state index contributed by atoms with van der Waals surface area (Å²) in [4.78, 5) is 20.6. The molecule has 0 atom stereocenters. The summed E-state index contributed by atoms with van der Waals surface area (Å²) in [6.07, 6.45) is 1.04. The summed E-state index contributed by atoms with van der Waals surface area (Å²) < 4.78 is 0. The fourth-order valence-electron chi connectivity index (χ4n) is 3.13. The van der Waals surface area contributed by atoms with E-state index in [0.29, 0.717) is 12.1 Å². The van der Waals surface area contributed by atoms with Crippen LogP contribution in [0.1, 0.15) is 28.4 Å². The van der Waals surface area contributed by atoms with E-state index in [2.05, 4.69) is 41.4 Å². The molecule has 0 radical (unpaired) electrons. The minimum atomic E-state index is 0. The second kappa shape index (κ2) is 9.73. The number of fused-ring (bicyclic) bond motifs is 1. The molecule has 0 saturated heterocycles. The Morgan fingerprint density at radius 1 is 1.15 bits per heavy atom. The number of aliphatic imine (C=N–C) groups is 1. The van der Waals surface area contributed by atoms with Gasteiger partial charge in [-0.3, -0.25) is 4.79 Å².